The van der Waals surface area contributed by atoms with Gasteiger partial charge in [0.2, 0.25) is 0 Å². The minimum absolute atomic E-state index is 0.0725. The molecule has 1 N–H and O–H groups in total. The smallest absolute Gasteiger partial charge is 0.147 e. The van der Waals surface area contributed by atoms with Gasteiger partial charge >= 0.3 is 0 Å². The fourth-order valence-electron chi connectivity index (χ4n) is 2.22. The van der Waals surface area contributed by atoms with E-state index in [1.165, 1.54) is 0 Å². The first kappa shape index (κ1) is 13.4. The van der Waals surface area contributed by atoms with Crippen molar-refractivity contribution in [2.24, 2.45) is 0 Å². The Hall–Kier alpha value is -1.00. The van der Waals surface area contributed by atoms with Gasteiger partial charge in [0.25, 0.3) is 0 Å². The molecule has 100 valence electrons. The molecule has 4 nitrogen and oxygen atoms in total. The minimum Gasteiger partial charge on any atom is -0.313 e. The van der Waals surface area contributed by atoms with Crippen molar-refractivity contribution in [3.63, 3.8) is 0 Å². The number of likely N-dealkylation sites (N-methyl/N-ethyl adjacent to an activating group) is 1. The molecule has 1 aromatic rings. The number of hydrogen-bond acceptors (Lipinski definition) is 4. The molecule has 4 heteroatoms. The van der Waals surface area contributed by atoms with E-state index >= 15 is 0 Å². The lowest BCUT2D eigenvalue weighted by Gasteiger charge is -2.32. The van der Waals surface area contributed by atoms with Gasteiger partial charge in [-0.2, -0.15) is 0 Å². The number of nitrogens with zero attached hydrogens (tertiary/aromatic N) is 3. The van der Waals surface area contributed by atoms with Gasteiger partial charge < -0.3 is 5.32 Å². The Balaban J connectivity index is 2.35. The molecule has 0 spiro atoms. The van der Waals surface area contributed by atoms with Gasteiger partial charge in [0.05, 0.1) is 6.04 Å². The standard InChI is InChI=1S/C14H24N4/c1-10-8-12(14(2,3)4)17-13(16-10)11-9-15-6-7-18(11)5/h8,11,15H,6-7,9H2,1-5H3. The monoisotopic (exact) mass is 248 g/mol. The van der Waals surface area contributed by atoms with Crippen LogP contribution >= 0.6 is 0 Å². The molecule has 0 saturated carbocycles. The van der Waals surface area contributed by atoms with Crippen molar-refractivity contribution in [3.8, 4) is 0 Å². The van der Waals surface area contributed by atoms with Crippen LogP contribution in [0.15, 0.2) is 6.07 Å². The highest BCUT2D eigenvalue weighted by atomic mass is 15.2. The number of piperazine rings is 1. The average molecular weight is 248 g/mol. The quantitative estimate of drug-likeness (QED) is 0.820. The molecule has 2 heterocycles. The highest BCUT2D eigenvalue weighted by Gasteiger charge is 2.25. The average Bonchev–Trinajstić information content (AvgIpc) is 2.27. The molecule has 1 aliphatic heterocycles. The highest BCUT2D eigenvalue weighted by Crippen LogP contribution is 2.24. The Bertz CT molecular complexity index is 422. The summed E-state index contributed by atoms with van der Waals surface area (Å²) < 4.78 is 0. The first-order chi connectivity index (χ1) is 8.38. The van der Waals surface area contributed by atoms with Crippen LogP contribution in [0.1, 0.15) is 44.0 Å². The topological polar surface area (TPSA) is 41.1 Å². The fraction of sp³-hybridized carbons (Fsp3) is 0.714. The Morgan fingerprint density at radius 2 is 2.06 bits per heavy atom. The summed E-state index contributed by atoms with van der Waals surface area (Å²) in [4.78, 5) is 11.7. The van der Waals surface area contributed by atoms with Gasteiger partial charge in [-0.3, -0.25) is 4.90 Å². The molecular formula is C14H24N4. The van der Waals surface area contributed by atoms with Gasteiger partial charge in [-0.25, -0.2) is 9.97 Å². The van der Waals surface area contributed by atoms with Gasteiger partial charge in [0.15, 0.2) is 0 Å². The SMILES string of the molecule is Cc1cc(C(C)(C)C)nc(C2CNCCN2C)n1. The number of nitrogens with one attached hydrogen (secondary N) is 1. The van der Waals surface area contributed by atoms with E-state index < -0.39 is 0 Å². The van der Waals surface area contributed by atoms with Crippen LogP contribution in [-0.2, 0) is 5.41 Å². The normalized spacial score (nSPS) is 22.2. The predicted molar refractivity (Wildman–Crippen MR) is 73.7 cm³/mol. The predicted octanol–water partition coefficient (Wildman–Crippen LogP) is 1.66. The van der Waals surface area contributed by atoms with Crippen molar-refractivity contribution in [2.45, 2.75) is 39.2 Å². The zero-order valence-electron chi connectivity index (χ0n) is 12.1. The zero-order chi connectivity index (χ0) is 13.3. The van der Waals surface area contributed by atoms with Crippen molar-refractivity contribution in [1.82, 2.24) is 20.2 Å². The molecule has 1 aromatic heterocycles. The van der Waals surface area contributed by atoms with E-state index in [9.17, 15) is 0 Å². The van der Waals surface area contributed by atoms with Crippen molar-refractivity contribution in [1.29, 1.82) is 0 Å². The Morgan fingerprint density at radius 3 is 2.67 bits per heavy atom. The third-order valence-corrected chi connectivity index (χ3v) is 3.45. The second-order valence-electron chi connectivity index (χ2n) is 6.20. The second-order valence-corrected chi connectivity index (χ2v) is 6.20. The number of rotatable bonds is 1. The van der Waals surface area contributed by atoms with E-state index in [4.69, 9.17) is 4.98 Å². The van der Waals surface area contributed by atoms with Crippen molar-refractivity contribution >= 4 is 0 Å². The lowest BCUT2D eigenvalue weighted by molar-refractivity contribution is 0.193. The molecule has 0 bridgehead atoms. The Labute approximate surface area is 110 Å². The molecule has 18 heavy (non-hydrogen) atoms. The number of hydrogen-bond donors (Lipinski definition) is 1. The van der Waals surface area contributed by atoms with Crippen LogP contribution in [-0.4, -0.2) is 41.5 Å². The van der Waals surface area contributed by atoms with Gasteiger partial charge in [-0.15, -0.1) is 0 Å². The molecule has 2 rings (SSSR count). The van der Waals surface area contributed by atoms with Crippen LogP contribution in [0.25, 0.3) is 0 Å². The molecule has 0 aliphatic carbocycles. The van der Waals surface area contributed by atoms with Gasteiger partial charge in [-0.1, -0.05) is 20.8 Å². The lowest BCUT2D eigenvalue weighted by Crippen LogP contribution is -2.44. The molecule has 1 aliphatic rings. The molecule has 1 fully saturated rings. The van der Waals surface area contributed by atoms with Crippen LogP contribution < -0.4 is 5.32 Å². The Kier molecular flexibility index (Phi) is 3.69. The van der Waals surface area contributed by atoms with E-state index in [0.29, 0.717) is 6.04 Å². The van der Waals surface area contributed by atoms with Crippen molar-refractivity contribution in [2.75, 3.05) is 26.7 Å². The van der Waals surface area contributed by atoms with Gasteiger partial charge in [0.1, 0.15) is 5.82 Å². The summed E-state index contributed by atoms with van der Waals surface area (Å²) in [7, 11) is 2.15. The highest BCUT2D eigenvalue weighted by molar-refractivity contribution is 5.18. The van der Waals surface area contributed by atoms with E-state index in [1.807, 2.05) is 0 Å². The maximum Gasteiger partial charge on any atom is 0.147 e. The molecular weight excluding hydrogens is 224 g/mol. The van der Waals surface area contributed by atoms with Crippen LogP contribution in [0.4, 0.5) is 0 Å². The summed E-state index contributed by atoms with van der Waals surface area (Å²) >= 11 is 0. The first-order valence-electron chi connectivity index (χ1n) is 6.65. The molecule has 1 saturated heterocycles. The summed E-state index contributed by atoms with van der Waals surface area (Å²) in [5, 5.41) is 3.42. The second kappa shape index (κ2) is 4.94. The van der Waals surface area contributed by atoms with Crippen LogP contribution in [0, 0.1) is 6.92 Å². The van der Waals surface area contributed by atoms with E-state index in [2.05, 4.69) is 56.0 Å². The van der Waals surface area contributed by atoms with Crippen LogP contribution in [0.5, 0.6) is 0 Å². The Morgan fingerprint density at radius 1 is 1.33 bits per heavy atom. The summed E-state index contributed by atoms with van der Waals surface area (Å²) in [6.07, 6.45) is 0. The summed E-state index contributed by atoms with van der Waals surface area (Å²) in [5.74, 6) is 0.953. The van der Waals surface area contributed by atoms with E-state index in [-0.39, 0.29) is 5.41 Å². The van der Waals surface area contributed by atoms with Crippen LogP contribution in [0.2, 0.25) is 0 Å². The number of aryl methyl sites for hydroxylation is 1. The molecule has 0 aromatic carbocycles. The van der Waals surface area contributed by atoms with Gasteiger partial charge in [0, 0.05) is 36.4 Å². The molecule has 0 amide bonds. The minimum atomic E-state index is 0.0725. The summed E-state index contributed by atoms with van der Waals surface area (Å²) in [5.41, 5.74) is 2.26. The number of aromatic nitrogens is 2. The van der Waals surface area contributed by atoms with E-state index in [1.54, 1.807) is 0 Å². The van der Waals surface area contributed by atoms with Crippen molar-refractivity contribution < 1.29 is 0 Å². The van der Waals surface area contributed by atoms with Crippen LogP contribution in [0.3, 0.4) is 0 Å². The lowest BCUT2D eigenvalue weighted by atomic mass is 9.91. The third kappa shape index (κ3) is 2.87. The van der Waals surface area contributed by atoms with E-state index in [0.717, 1.165) is 36.8 Å². The summed E-state index contributed by atoms with van der Waals surface area (Å²) in [6.45, 7) is 11.7. The van der Waals surface area contributed by atoms with Crippen molar-refractivity contribution in [3.05, 3.63) is 23.3 Å². The maximum absolute atomic E-state index is 4.79. The maximum atomic E-state index is 4.79. The summed E-state index contributed by atoms with van der Waals surface area (Å²) in [6, 6.07) is 2.39. The largest absolute Gasteiger partial charge is 0.313 e. The third-order valence-electron chi connectivity index (χ3n) is 3.45. The zero-order valence-corrected chi connectivity index (χ0v) is 12.1. The molecule has 0 radical (unpaired) electrons. The fourth-order valence-corrected chi connectivity index (χ4v) is 2.22. The molecule has 1 unspecified atom stereocenters. The first-order valence-corrected chi connectivity index (χ1v) is 6.65. The van der Waals surface area contributed by atoms with Gasteiger partial charge in [-0.05, 0) is 20.0 Å². The molecule has 1 atom stereocenters.